The molecule has 1 aromatic carbocycles. The minimum Gasteiger partial charge on any atom is -0.383 e. The molecule has 1 aromatic heterocycles. The van der Waals surface area contributed by atoms with E-state index >= 15 is 0 Å². The number of hydrogen-bond donors (Lipinski definition) is 1. The van der Waals surface area contributed by atoms with E-state index in [4.69, 9.17) is 4.74 Å². The molecule has 0 aliphatic heterocycles. The standard InChI is InChI=1S/C12H16FN5O/c1-9(14-7-8-19-2)12-15-16-17-18(12)11-6-4-3-5-10(11)13/h3-6,9,14H,7-8H2,1-2H3. The van der Waals surface area contributed by atoms with Gasteiger partial charge in [0.1, 0.15) is 11.5 Å². The minimum absolute atomic E-state index is 0.107. The van der Waals surface area contributed by atoms with Crippen LogP contribution in [0.3, 0.4) is 0 Å². The Kier molecular flexibility index (Phi) is 4.53. The van der Waals surface area contributed by atoms with Crippen molar-refractivity contribution in [3.05, 3.63) is 35.9 Å². The molecule has 0 aliphatic rings. The molecule has 0 saturated heterocycles. The molecule has 0 fully saturated rings. The zero-order valence-electron chi connectivity index (χ0n) is 10.9. The third-order valence-electron chi connectivity index (χ3n) is 2.72. The Balaban J connectivity index is 2.20. The van der Waals surface area contributed by atoms with Crippen LogP contribution in [0.2, 0.25) is 0 Å². The van der Waals surface area contributed by atoms with Gasteiger partial charge >= 0.3 is 0 Å². The highest BCUT2D eigenvalue weighted by molar-refractivity contribution is 5.32. The van der Waals surface area contributed by atoms with Gasteiger partial charge in [0.05, 0.1) is 12.6 Å². The highest BCUT2D eigenvalue weighted by atomic mass is 19.1. The van der Waals surface area contributed by atoms with Crippen molar-refractivity contribution in [3.8, 4) is 5.69 Å². The molecule has 2 rings (SSSR count). The van der Waals surface area contributed by atoms with Crippen LogP contribution >= 0.6 is 0 Å². The number of tetrazole rings is 1. The maximum Gasteiger partial charge on any atom is 0.173 e. The average Bonchev–Trinajstić information content (AvgIpc) is 2.88. The van der Waals surface area contributed by atoms with E-state index in [1.165, 1.54) is 10.7 Å². The first-order chi connectivity index (χ1) is 9.24. The van der Waals surface area contributed by atoms with Crippen LogP contribution in [0.25, 0.3) is 5.69 Å². The van der Waals surface area contributed by atoms with Crippen LogP contribution in [-0.4, -0.2) is 40.5 Å². The molecule has 0 radical (unpaired) electrons. The van der Waals surface area contributed by atoms with Crippen molar-refractivity contribution < 1.29 is 9.13 Å². The number of ether oxygens (including phenoxy) is 1. The Labute approximate surface area is 110 Å². The summed E-state index contributed by atoms with van der Waals surface area (Å²) in [6.07, 6.45) is 0. The molecule has 0 aliphatic carbocycles. The SMILES string of the molecule is COCCNC(C)c1nnnn1-c1ccccc1F. The van der Waals surface area contributed by atoms with E-state index < -0.39 is 0 Å². The average molecular weight is 265 g/mol. The molecule has 1 atom stereocenters. The van der Waals surface area contributed by atoms with Crippen LogP contribution < -0.4 is 5.32 Å². The second-order valence-corrected chi connectivity index (χ2v) is 4.07. The molecule has 0 spiro atoms. The van der Waals surface area contributed by atoms with E-state index in [1.54, 1.807) is 25.3 Å². The van der Waals surface area contributed by atoms with Gasteiger partial charge < -0.3 is 10.1 Å². The van der Waals surface area contributed by atoms with E-state index in [0.29, 0.717) is 24.7 Å². The summed E-state index contributed by atoms with van der Waals surface area (Å²) in [5, 5.41) is 14.6. The predicted octanol–water partition coefficient (Wildman–Crippen LogP) is 1.10. The fraction of sp³-hybridized carbons (Fsp3) is 0.417. The van der Waals surface area contributed by atoms with E-state index in [9.17, 15) is 4.39 Å². The summed E-state index contributed by atoms with van der Waals surface area (Å²) in [4.78, 5) is 0. The largest absolute Gasteiger partial charge is 0.383 e. The van der Waals surface area contributed by atoms with Gasteiger partial charge in [-0.05, 0) is 29.5 Å². The van der Waals surface area contributed by atoms with Gasteiger partial charge in [0.25, 0.3) is 0 Å². The van der Waals surface area contributed by atoms with Crippen molar-refractivity contribution in [1.82, 2.24) is 25.5 Å². The lowest BCUT2D eigenvalue weighted by Gasteiger charge is -2.13. The number of methoxy groups -OCH3 is 1. The summed E-state index contributed by atoms with van der Waals surface area (Å²) in [5.74, 6) is 0.196. The monoisotopic (exact) mass is 265 g/mol. The maximum absolute atomic E-state index is 13.7. The first-order valence-electron chi connectivity index (χ1n) is 5.99. The number of rotatable bonds is 6. The van der Waals surface area contributed by atoms with Gasteiger partial charge in [-0.2, -0.15) is 4.68 Å². The third-order valence-corrected chi connectivity index (χ3v) is 2.72. The third kappa shape index (κ3) is 3.12. The van der Waals surface area contributed by atoms with Crippen molar-refractivity contribution in [2.75, 3.05) is 20.3 Å². The maximum atomic E-state index is 13.7. The lowest BCUT2D eigenvalue weighted by atomic mass is 10.2. The molecule has 102 valence electrons. The number of benzene rings is 1. The second kappa shape index (κ2) is 6.35. The first kappa shape index (κ1) is 13.6. The van der Waals surface area contributed by atoms with Crippen molar-refractivity contribution in [1.29, 1.82) is 0 Å². The van der Waals surface area contributed by atoms with Crippen LogP contribution in [0, 0.1) is 5.82 Å². The van der Waals surface area contributed by atoms with Gasteiger partial charge in [0.15, 0.2) is 5.82 Å². The van der Waals surface area contributed by atoms with Crippen molar-refractivity contribution in [2.24, 2.45) is 0 Å². The normalized spacial score (nSPS) is 12.6. The highest BCUT2D eigenvalue weighted by Gasteiger charge is 2.17. The summed E-state index contributed by atoms with van der Waals surface area (Å²) >= 11 is 0. The number of nitrogens with one attached hydrogen (secondary N) is 1. The lowest BCUT2D eigenvalue weighted by molar-refractivity contribution is 0.196. The van der Waals surface area contributed by atoms with Crippen LogP contribution in [0.15, 0.2) is 24.3 Å². The zero-order chi connectivity index (χ0) is 13.7. The topological polar surface area (TPSA) is 64.9 Å². The molecule has 1 heterocycles. The van der Waals surface area contributed by atoms with Crippen LogP contribution in [-0.2, 0) is 4.74 Å². The van der Waals surface area contributed by atoms with Crippen LogP contribution in [0.4, 0.5) is 4.39 Å². The van der Waals surface area contributed by atoms with Gasteiger partial charge in [-0.3, -0.25) is 0 Å². The molecule has 0 saturated carbocycles. The number of halogens is 1. The predicted molar refractivity (Wildman–Crippen MR) is 67.4 cm³/mol. The van der Waals surface area contributed by atoms with E-state index in [2.05, 4.69) is 20.8 Å². The summed E-state index contributed by atoms with van der Waals surface area (Å²) in [6, 6.07) is 6.28. The van der Waals surface area contributed by atoms with E-state index in [-0.39, 0.29) is 11.9 Å². The van der Waals surface area contributed by atoms with E-state index in [1.807, 2.05) is 6.92 Å². The minimum atomic E-state index is -0.361. The molecule has 19 heavy (non-hydrogen) atoms. The molecule has 2 aromatic rings. The van der Waals surface area contributed by atoms with Gasteiger partial charge in [0.2, 0.25) is 0 Å². The zero-order valence-corrected chi connectivity index (χ0v) is 10.9. The Morgan fingerprint density at radius 1 is 1.42 bits per heavy atom. The summed E-state index contributed by atoms with van der Waals surface area (Å²) < 4.78 is 20.1. The lowest BCUT2D eigenvalue weighted by Crippen LogP contribution is -2.25. The molecular weight excluding hydrogens is 249 g/mol. The molecule has 6 nitrogen and oxygen atoms in total. The summed E-state index contributed by atoms with van der Waals surface area (Å²) in [5.41, 5.74) is 0.336. The summed E-state index contributed by atoms with van der Waals surface area (Å²) in [6.45, 7) is 3.17. The fourth-order valence-electron chi connectivity index (χ4n) is 1.73. The second-order valence-electron chi connectivity index (χ2n) is 4.07. The number of hydrogen-bond acceptors (Lipinski definition) is 5. The number of nitrogens with zero attached hydrogens (tertiary/aromatic N) is 4. The molecule has 7 heteroatoms. The van der Waals surface area contributed by atoms with Crippen LogP contribution in [0.1, 0.15) is 18.8 Å². The van der Waals surface area contributed by atoms with Crippen molar-refractivity contribution in [2.45, 2.75) is 13.0 Å². The molecule has 0 amide bonds. The van der Waals surface area contributed by atoms with Crippen molar-refractivity contribution >= 4 is 0 Å². The van der Waals surface area contributed by atoms with Gasteiger partial charge in [0, 0.05) is 13.7 Å². The number of aromatic nitrogens is 4. The Morgan fingerprint density at radius 2 is 2.21 bits per heavy atom. The summed E-state index contributed by atoms with van der Waals surface area (Å²) in [7, 11) is 1.63. The van der Waals surface area contributed by atoms with Crippen LogP contribution in [0.5, 0.6) is 0 Å². The fourth-order valence-corrected chi connectivity index (χ4v) is 1.73. The Hall–Kier alpha value is -1.86. The molecule has 1 N–H and O–H groups in total. The Morgan fingerprint density at radius 3 is 2.95 bits per heavy atom. The Bertz CT molecular complexity index is 530. The molecular formula is C12H16FN5O. The van der Waals surface area contributed by atoms with Crippen molar-refractivity contribution in [3.63, 3.8) is 0 Å². The number of para-hydroxylation sites is 1. The smallest absolute Gasteiger partial charge is 0.173 e. The highest BCUT2D eigenvalue weighted by Crippen LogP contribution is 2.16. The molecule has 1 unspecified atom stereocenters. The molecule has 0 bridgehead atoms. The van der Waals surface area contributed by atoms with E-state index in [0.717, 1.165) is 0 Å². The van der Waals surface area contributed by atoms with Gasteiger partial charge in [-0.25, -0.2) is 4.39 Å². The van der Waals surface area contributed by atoms with Gasteiger partial charge in [-0.15, -0.1) is 5.10 Å². The first-order valence-corrected chi connectivity index (χ1v) is 5.99. The van der Waals surface area contributed by atoms with Gasteiger partial charge in [-0.1, -0.05) is 12.1 Å². The quantitative estimate of drug-likeness (QED) is 0.792.